The minimum absolute atomic E-state index is 0.0208. The molecule has 0 rings (SSSR count). The van der Waals surface area contributed by atoms with Gasteiger partial charge in [-0.15, -0.1) is 0 Å². The average molecular weight is 255 g/mol. The highest BCUT2D eigenvalue weighted by Gasteiger charge is 2.26. The number of aliphatic hydroxyl groups excluding tert-OH is 1. The summed E-state index contributed by atoms with van der Waals surface area (Å²) in [6, 6.07) is 0.0790. The summed E-state index contributed by atoms with van der Waals surface area (Å²) >= 11 is 0. The van der Waals surface area contributed by atoms with E-state index in [1.807, 2.05) is 20.8 Å². The normalized spacial score (nSPS) is 15.0. The maximum Gasteiger partial charge on any atom is 0.389 e. The first-order valence-electron chi connectivity index (χ1n) is 6.07. The van der Waals surface area contributed by atoms with Crippen LogP contribution in [-0.2, 0) is 0 Å². The Balaban J connectivity index is 3.69. The fourth-order valence-electron chi connectivity index (χ4n) is 1.55. The van der Waals surface area contributed by atoms with Gasteiger partial charge in [0, 0.05) is 25.6 Å². The number of rotatable bonds is 8. The lowest BCUT2D eigenvalue weighted by Crippen LogP contribution is -2.36. The second kappa shape index (κ2) is 7.21. The Morgan fingerprint density at radius 3 is 2.24 bits per heavy atom. The number of alkyl halides is 3. The Hall–Kier alpha value is -0.290. The van der Waals surface area contributed by atoms with Crippen molar-refractivity contribution in [2.75, 3.05) is 13.2 Å². The van der Waals surface area contributed by atoms with Gasteiger partial charge < -0.3 is 10.4 Å². The molecule has 0 aromatic carbocycles. The van der Waals surface area contributed by atoms with Crippen LogP contribution in [0.1, 0.15) is 46.5 Å². The molecule has 0 heterocycles. The van der Waals surface area contributed by atoms with Gasteiger partial charge in [0.15, 0.2) is 0 Å². The first kappa shape index (κ1) is 16.7. The minimum Gasteiger partial charge on any atom is -0.396 e. The largest absolute Gasteiger partial charge is 0.396 e. The van der Waals surface area contributed by atoms with Gasteiger partial charge >= 0.3 is 6.18 Å². The van der Waals surface area contributed by atoms with E-state index in [0.717, 1.165) is 0 Å². The maximum atomic E-state index is 11.9. The first-order valence-corrected chi connectivity index (χ1v) is 6.07. The maximum absolute atomic E-state index is 11.9. The van der Waals surface area contributed by atoms with E-state index in [0.29, 0.717) is 19.4 Å². The highest BCUT2D eigenvalue weighted by molar-refractivity contribution is 4.73. The molecule has 0 saturated heterocycles. The van der Waals surface area contributed by atoms with Crippen LogP contribution in [0.2, 0.25) is 0 Å². The van der Waals surface area contributed by atoms with Crippen LogP contribution >= 0.6 is 0 Å². The van der Waals surface area contributed by atoms with E-state index >= 15 is 0 Å². The quantitative estimate of drug-likeness (QED) is 0.698. The van der Waals surface area contributed by atoms with Crippen molar-refractivity contribution in [1.29, 1.82) is 0 Å². The topological polar surface area (TPSA) is 32.3 Å². The van der Waals surface area contributed by atoms with Crippen molar-refractivity contribution in [2.24, 2.45) is 5.41 Å². The highest BCUT2D eigenvalue weighted by Crippen LogP contribution is 2.23. The molecule has 0 saturated carbocycles. The van der Waals surface area contributed by atoms with E-state index in [-0.39, 0.29) is 24.5 Å². The Labute approximate surface area is 102 Å². The predicted octanol–water partition coefficient (Wildman–Crippen LogP) is 3.11. The summed E-state index contributed by atoms with van der Waals surface area (Å²) in [7, 11) is 0. The van der Waals surface area contributed by atoms with Gasteiger partial charge in [-0.05, 0) is 31.6 Å². The molecule has 17 heavy (non-hydrogen) atoms. The van der Waals surface area contributed by atoms with E-state index < -0.39 is 12.6 Å². The Bertz CT molecular complexity index is 204. The summed E-state index contributed by atoms with van der Waals surface area (Å²) < 4.78 is 35.8. The molecular formula is C12H24F3NO. The van der Waals surface area contributed by atoms with Gasteiger partial charge in [0.2, 0.25) is 0 Å². The van der Waals surface area contributed by atoms with E-state index in [1.165, 1.54) is 0 Å². The minimum atomic E-state index is -4.05. The smallest absolute Gasteiger partial charge is 0.389 e. The zero-order valence-electron chi connectivity index (χ0n) is 10.9. The van der Waals surface area contributed by atoms with Crippen molar-refractivity contribution < 1.29 is 18.3 Å². The van der Waals surface area contributed by atoms with Gasteiger partial charge in [-0.3, -0.25) is 0 Å². The molecule has 0 radical (unpaired) electrons. The van der Waals surface area contributed by atoms with Crippen molar-refractivity contribution in [1.82, 2.24) is 5.32 Å². The summed E-state index contributed by atoms with van der Waals surface area (Å²) in [6.07, 6.45) is -3.38. The van der Waals surface area contributed by atoms with Gasteiger partial charge in [-0.1, -0.05) is 13.8 Å². The molecule has 0 spiro atoms. The Morgan fingerprint density at radius 1 is 1.18 bits per heavy atom. The van der Waals surface area contributed by atoms with Gasteiger partial charge in [0.25, 0.3) is 0 Å². The number of hydrogen-bond acceptors (Lipinski definition) is 2. The van der Waals surface area contributed by atoms with Gasteiger partial charge in [-0.2, -0.15) is 13.2 Å². The van der Waals surface area contributed by atoms with Crippen molar-refractivity contribution in [2.45, 2.75) is 58.7 Å². The molecule has 0 aliphatic rings. The molecule has 5 heteroatoms. The van der Waals surface area contributed by atoms with Crippen molar-refractivity contribution >= 4 is 0 Å². The molecule has 0 aromatic rings. The monoisotopic (exact) mass is 255 g/mol. The molecule has 0 aromatic heterocycles. The van der Waals surface area contributed by atoms with E-state index in [2.05, 4.69) is 5.32 Å². The summed E-state index contributed by atoms with van der Waals surface area (Å²) in [6.45, 7) is 6.79. The third kappa shape index (κ3) is 10.6. The number of nitrogens with one attached hydrogen (secondary N) is 1. The second-order valence-electron chi connectivity index (χ2n) is 5.43. The second-order valence-corrected chi connectivity index (χ2v) is 5.43. The van der Waals surface area contributed by atoms with Gasteiger partial charge in [0.1, 0.15) is 0 Å². The zero-order chi connectivity index (χ0) is 13.5. The zero-order valence-corrected chi connectivity index (χ0v) is 10.9. The van der Waals surface area contributed by atoms with Gasteiger partial charge in [0.05, 0.1) is 0 Å². The third-order valence-electron chi connectivity index (χ3n) is 2.82. The summed E-state index contributed by atoms with van der Waals surface area (Å²) in [5.41, 5.74) is -0.0208. The molecular weight excluding hydrogens is 231 g/mol. The third-order valence-corrected chi connectivity index (χ3v) is 2.82. The van der Waals surface area contributed by atoms with Crippen LogP contribution in [-0.4, -0.2) is 30.5 Å². The fourth-order valence-corrected chi connectivity index (χ4v) is 1.55. The summed E-state index contributed by atoms with van der Waals surface area (Å²) in [5, 5.41) is 12.1. The molecule has 0 amide bonds. The molecule has 1 unspecified atom stereocenters. The molecule has 0 aliphatic heterocycles. The standard InChI is InChI=1S/C12H24F3NO/c1-10(5-4-6-12(13,14)15)16-9-11(2,3)7-8-17/h10,16-17H,4-9H2,1-3H3. The lowest BCUT2D eigenvalue weighted by atomic mass is 9.89. The average Bonchev–Trinajstić information content (AvgIpc) is 2.13. The Kier molecular flexibility index (Phi) is 7.09. The molecule has 2 nitrogen and oxygen atoms in total. The summed E-state index contributed by atoms with van der Waals surface area (Å²) in [5.74, 6) is 0. The van der Waals surface area contributed by atoms with Crippen LogP contribution < -0.4 is 5.32 Å². The van der Waals surface area contributed by atoms with Crippen LogP contribution in [0, 0.1) is 5.41 Å². The van der Waals surface area contributed by atoms with Crippen LogP contribution in [0.5, 0.6) is 0 Å². The lowest BCUT2D eigenvalue weighted by molar-refractivity contribution is -0.135. The molecule has 0 fully saturated rings. The number of aliphatic hydroxyl groups is 1. The first-order chi connectivity index (χ1) is 7.66. The van der Waals surface area contributed by atoms with Crippen molar-refractivity contribution in [3.8, 4) is 0 Å². The van der Waals surface area contributed by atoms with Crippen molar-refractivity contribution in [3.63, 3.8) is 0 Å². The molecule has 104 valence electrons. The molecule has 0 bridgehead atoms. The van der Waals surface area contributed by atoms with E-state index in [9.17, 15) is 13.2 Å². The van der Waals surface area contributed by atoms with Crippen molar-refractivity contribution in [3.05, 3.63) is 0 Å². The molecule has 1 atom stereocenters. The lowest BCUT2D eigenvalue weighted by Gasteiger charge is -2.26. The summed E-state index contributed by atoms with van der Waals surface area (Å²) in [4.78, 5) is 0. The van der Waals surface area contributed by atoms with Crippen LogP contribution in [0.3, 0.4) is 0 Å². The molecule has 0 aliphatic carbocycles. The SMILES string of the molecule is CC(CCCC(F)(F)F)NCC(C)(C)CCO. The number of halogens is 3. The highest BCUT2D eigenvalue weighted by atomic mass is 19.4. The molecule has 2 N–H and O–H groups in total. The van der Waals surface area contributed by atoms with E-state index in [4.69, 9.17) is 5.11 Å². The fraction of sp³-hybridized carbons (Fsp3) is 1.00. The van der Waals surface area contributed by atoms with Crippen LogP contribution in [0.15, 0.2) is 0 Å². The Morgan fingerprint density at radius 2 is 1.76 bits per heavy atom. The number of hydrogen-bond donors (Lipinski definition) is 2. The van der Waals surface area contributed by atoms with Crippen LogP contribution in [0.25, 0.3) is 0 Å². The van der Waals surface area contributed by atoms with Crippen LogP contribution in [0.4, 0.5) is 13.2 Å². The van der Waals surface area contributed by atoms with Gasteiger partial charge in [-0.25, -0.2) is 0 Å². The predicted molar refractivity (Wildman–Crippen MR) is 62.9 cm³/mol. The van der Waals surface area contributed by atoms with E-state index in [1.54, 1.807) is 0 Å².